The number of aryl methyl sites for hydroxylation is 2. The molecular weight excluding hydrogens is 230 g/mol. The summed E-state index contributed by atoms with van der Waals surface area (Å²) in [5.41, 5.74) is 2.97. The second-order valence-corrected chi connectivity index (χ2v) is 4.30. The van der Waals surface area contributed by atoms with E-state index in [1.54, 1.807) is 0 Å². The van der Waals surface area contributed by atoms with Crippen LogP contribution in [0.3, 0.4) is 0 Å². The van der Waals surface area contributed by atoms with Crippen molar-refractivity contribution in [1.29, 1.82) is 0 Å². The number of rotatable bonds is 5. The molecule has 0 radical (unpaired) electrons. The quantitative estimate of drug-likeness (QED) is 0.847. The van der Waals surface area contributed by atoms with Gasteiger partial charge in [0.2, 0.25) is 5.91 Å². The molecule has 5 nitrogen and oxygen atoms in total. The number of hydrogen-bond donors (Lipinski definition) is 2. The summed E-state index contributed by atoms with van der Waals surface area (Å²) in [4.78, 5) is 14.6. The monoisotopic (exact) mass is 247 g/mol. The Balaban J connectivity index is 1.78. The minimum atomic E-state index is 0.0381. The van der Waals surface area contributed by atoms with Crippen molar-refractivity contribution in [2.24, 2.45) is 0 Å². The van der Waals surface area contributed by atoms with E-state index >= 15 is 0 Å². The highest BCUT2D eigenvalue weighted by molar-refractivity contribution is 5.76. The van der Waals surface area contributed by atoms with Gasteiger partial charge in [-0.1, -0.05) is 5.16 Å². The molecule has 2 heterocycles. The van der Waals surface area contributed by atoms with E-state index in [1.807, 2.05) is 32.3 Å². The first-order chi connectivity index (χ1) is 8.66. The van der Waals surface area contributed by atoms with Crippen LogP contribution in [0.25, 0.3) is 0 Å². The summed E-state index contributed by atoms with van der Waals surface area (Å²) in [6.45, 7) is 4.32. The minimum Gasteiger partial charge on any atom is -0.367 e. The average Bonchev–Trinajstić information content (AvgIpc) is 2.96. The fraction of sp³-hybridized carbons (Fsp3) is 0.385. The number of aromatic nitrogens is 2. The van der Waals surface area contributed by atoms with Gasteiger partial charge in [0.25, 0.3) is 0 Å². The van der Waals surface area contributed by atoms with E-state index in [1.165, 1.54) is 0 Å². The molecule has 0 atom stereocenters. The lowest BCUT2D eigenvalue weighted by Gasteiger charge is -2.03. The molecule has 0 fully saturated rings. The molecule has 0 unspecified atom stereocenters. The third-order valence-electron chi connectivity index (χ3n) is 2.94. The summed E-state index contributed by atoms with van der Waals surface area (Å²) >= 11 is 0. The first kappa shape index (κ1) is 12.4. The largest absolute Gasteiger partial charge is 0.367 e. The zero-order valence-electron chi connectivity index (χ0n) is 10.6. The number of carbonyl (C=O) groups is 1. The highest BCUT2D eigenvalue weighted by atomic mass is 16.5. The van der Waals surface area contributed by atoms with E-state index in [9.17, 15) is 4.79 Å². The number of hydrogen-bond acceptors (Lipinski definition) is 3. The zero-order valence-corrected chi connectivity index (χ0v) is 10.6. The smallest absolute Gasteiger partial charge is 0.220 e. The molecule has 2 aromatic heterocycles. The molecule has 2 N–H and O–H groups in total. The van der Waals surface area contributed by atoms with Crippen LogP contribution in [0.15, 0.2) is 23.0 Å². The molecule has 2 rings (SSSR count). The Hall–Kier alpha value is -2.04. The average molecular weight is 247 g/mol. The van der Waals surface area contributed by atoms with Crippen molar-refractivity contribution >= 4 is 5.91 Å². The second-order valence-electron chi connectivity index (χ2n) is 4.30. The van der Waals surface area contributed by atoms with Crippen LogP contribution in [0.5, 0.6) is 0 Å². The Kier molecular flexibility index (Phi) is 3.82. The fourth-order valence-corrected chi connectivity index (χ4v) is 1.85. The van der Waals surface area contributed by atoms with Gasteiger partial charge in [-0.05, 0) is 31.9 Å². The van der Waals surface area contributed by atoms with Crippen molar-refractivity contribution in [3.63, 3.8) is 0 Å². The van der Waals surface area contributed by atoms with Crippen molar-refractivity contribution in [2.75, 3.05) is 0 Å². The first-order valence-corrected chi connectivity index (χ1v) is 5.97. The van der Waals surface area contributed by atoms with Gasteiger partial charge in [0, 0.05) is 30.9 Å². The van der Waals surface area contributed by atoms with Crippen molar-refractivity contribution < 1.29 is 9.32 Å². The number of nitrogens with one attached hydrogen (secondary N) is 2. The third kappa shape index (κ3) is 3.00. The Morgan fingerprint density at radius 2 is 2.33 bits per heavy atom. The van der Waals surface area contributed by atoms with Crippen LogP contribution in [0.2, 0.25) is 0 Å². The van der Waals surface area contributed by atoms with Gasteiger partial charge in [0.05, 0.1) is 5.69 Å². The van der Waals surface area contributed by atoms with Gasteiger partial charge in [-0.15, -0.1) is 0 Å². The van der Waals surface area contributed by atoms with E-state index in [0.717, 1.165) is 22.6 Å². The normalized spacial score (nSPS) is 10.6. The summed E-state index contributed by atoms with van der Waals surface area (Å²) in [5, 5.41) is 6.75. The highest BCUT2D eigenvalue weighted by Crippen LogP contribution is 2.14. The Morgan fingerprint density at radius 1 is 1.50 bits per heavy atom. The van der Waals surface area contributed by atoms with Gasteiger partial charge in [-0.2, -0.15) is 0 Å². The number of amides is 1. The molecule has 1 amide bonds. The maximum Gasteiger partial charge on any atom is 0.220 e. The third-order valence-corrected chi connectivity index (χ3v) is 2.94. The summed E-state index contributed by atoms with van der Waals surface area (Å²) in [6.07, 6.45) is 4.83. The van der Waals surface area contributed by atoms with E-state index in [0.29, 0.717) is 19.4 Å². The Labute approximate surface area is 106 Å². The summed E-state index contributed by atoms with van der Waals surface area (Å²) in [6, 6.07) is 1.94. The Morgan fingerprint density at radius 3 is 2.94 bits per heavy atom. The molecule has 96 valence electrons. The summed E-state index contributed by atoms with van der Waals surface area (Å²) in [5.74, 6) is 0.835. The standard InChI is InChI=1S/C13H17N3O2/c1-9-12(10(2)18-16-9)3-4-13(17)15-8-11-5-6-14-7-11/h5-7,14H,3-4,8H2,1-2H3,(H,15,17). The summed E-state index contributed by atoms with van der Waals surface area (Å²) in [7, 11) is 0. The van der Waals surface area contributed by atoms with Crippen LogP contribution in [0.1, 0.15) is 29.0 Å². The van der Waals surface area contributed by atoms with E-state index in [2.05, 4.69) is 15.5 Å². The van der Waals surface area contributed by atoms with Gasteiger partial charge in [0.15, 0.2) is 0 Å². The number of carbonyl (C=O) groups excluding carboxylic acids is 1. The molecule has 18 heavy (non-hydrogen) atoms. The topological polar surface area (TPSA) is 70.9 Å². The molecule has 0 saturated carbocycles. The maximum atomic E-state index is 11.7. The fourth-order valence-electron chi connectivity index (χ4n) is 1.85. The van der Waals surface area contributed by atoms with Crippen LogP contribution in [-0.4, -0.2) is 16.0 Å². The molecule has 0 saturated heterocycles. The molecule has 0 bridgehead atoms. The van der Waals surface area contributed by atoms with Crippen molar-refractivity contribution in [3.05, 3.63) is 41.0 Å². The van der Waals surface area contributed by atoms with Crippen LogP contribution < -0.4 is 5.32 Å². The van der Waals surface area contributed by atoms with E-state index < -0.39 is 0 Å². The van der Waals surface area contributed by atoms with Crippen LogP contribution in [0.4, 0.5) is 0 Å². The van der Waals surface area contributed by atoms with E-state index in [-0.39, 0.29) is 5.91 Å². The lowest BCUT2D eigenvalue weighted by atomic mass is 10.1. The zero-order chi connectivity index (χ0) is 13.0. The van der Waals surface area contributed by atoms with E-state index in [4.69, 9.17) is 4.52 Å². The number of nitrogens with zero attached hydrogens (tertiary/aromatic N) is 1. The van der Waals surface area contributed by atoms with Gasteiger partial charge in [-0.25, -0.2) is 0 Å². The molecule has 0 aliphatic rings. The second kappa shape index (κ2) is 5.53. The molecule has 0 spiro atoms. The molecule has 0 aliphatic heterocycles. The van der Waals surface area contributed by atoms with Crippen LogP contribution >= 0.6 is 0 Å². The summed E-state index contributed by atoms with van der Waals surface area (Å²) < 4.78 is 5.06. The predicted octanol–water partition coefficient (Wildman–Crippen LogP) is 1.87. The van der Waals surface area contributed by atoms with Gasteiger partial charge < -0.3 is 14.8 Å². The lowest BCUT2D eigenvalue weighted by Crippen LogP contribution is -2.22. The molecule has 0 aliphatic carbocycles. The first-order valence-electron chi connectivity index (χ1n) is 5.97. The van der Waals surface area contributed by atoms with Crippen molar-refractivity contribution in [3.8, 4) is 0 Å². The van der Waals surface area contributed by atoms with Gasteiger partial charge in [0.1, 0.15) is 5.76 Å². The highest BCUT2D eigenvalue weighted by Gasteiger charge is 2.10. The van der Waals surface area contributed by atoms with Crippen molar-refractivity contribution in [1.82, 2.24) is 15.5 Å². The number of H-pyrrole nitrogens is 1. The molecular formula is C13H17N3O2. The SMILES string of the molecule is Cc1noc(C)c1CCC(=O)NCc1cc[nH]c1. The molecule has 0 aromatic carbocycles. The predicted molar refractivity (Wildman–Crippen MR) is 66.9 cm³/mol. The Bertz CT molecular complexity index is 495. The molecule has 2 aromatic rings. The molecule has 5 heteroatoms. The van der Waals surface area contributed by atoms with Crippen LogP contribution in [-0.2, 0) is 17.8 Å². The minimum absolute atomic E-state index is 0.0381. The maximum absolute atomic E-state index is 11.7. The number of aromatic amines is 1. The van der Waals surface area contributed by atoms with Gasteiger partial charge >= 0.3 is 0 Å². The van der Waals surface area contributed by atoms with Gasteiger partial charge in [-0.3, -0.25) is 4.79 Å². The lowest BCUT2D eigenvalue weighted by molar-refractivity contribution is -0.121. The van der Waals surface area contributed by atoms with Crippen LogP contribution in [0, 0.1) is 13.8 Å². The van der Waals surface area contributed by atoms with Crippen molar-refractivity contribution in [2.45, 2.75) is 33.2 Å².